The van der Waals surface area contributed by atoms with E-state index < -0.39 is 11.0 Å². The Kier molecular flexibility index (Phi) is 10.5. The minimum absolute atomic E-state index is 0.0705. The van der Waals surface area contributed by atoms with Gasteiger partial charge in [-0.15, -0.1) is 0 Å². The van der Waals surface area contributed by atoms with Crippen LogP contribution in [0.4, 0.5) is 0 Å². The van der Waals surface area contributed by atoms with E-state index in [0.29, 0.717) is 6.54 Å². The molecule has 8 nitrogen and oxygen atoms in total. The summed E-state index contributed by atoms with van der Waals surface area (Å²) in [6.07, 6.45) is 2.20. The zero-order chi connectivity index (χ0) is 28.0. The van der Waals surface area contributed by atoms with E-state index >= 15 is 0 Å². The van der Waals surface area contributed by atoms with Crippen molar-refractivity contribution in [3.05, 3.63) is 58.1 Å². The summed E-state index contributed by atoms with van der Waals surface area (Å²) in [5, 5.41) is 2.73. The van der Waals surface area contributed by atoms with Crippen LogP contribution < -0.4 is 10.1 Å². The predicted octanol–water partition coefficient (Wildman–Crippen LogP) is 3.02. The summed E-state index contributed by atoms with van der Waals surface area (Å²) in [6.45, 7) is 8.14. The third-order valence-electron chi connectivity index (χ3n) is 7.43. The van der Waals surface area contributed by atoms with Crippen molar-refractivity contribution in [2.24, 2.45) is 0 Å². The van der Waals surface area contributed by atoms with Crippen LogP contribution in [0.3, 0.4) is 0 Å². The third-order valence-corrected chi connectivity index (χ3v) is 9.17. The zero-order valence-electron chi connectivity index (χ0n) is 23.8. The molecule has 0 fully saturated rings. The van der Waals surface area contributed by atoms with Crippen molar-refractivity contribution in [3.63, 3.8) is 0 Å². The Labute approximate surface area is 229 Å². The lowest BCUT2D eigenvalue weighted by molar-refractivity contribution is -0.133. The van der Waals surface area contributed by atoms with Gasteiger partial charge in [0.1, 0.15) is 16.7 Å². The molecule has 3 rings (SSSR count). The summed E-state index contributed by atoms with van der Waals surface area (Å²) < 4.78 is 20.0. The molecular formula is C29H42N4O4S. The van der Waals surface area contributed by atoms with Gasteiger partial charge in [-0.05, 0) is 80.6 Å². The first-order valence-electron chi connectivity index (χ1n) is 13.1. The largest absolute Gasteiger partial charge is 0.497 e. The molecule has 0 saturated carbocycles. The van der Waals surface area contributed by atoms with Crippen molar-refractivity contribution in [2.45, 2.75) is 51.0 Å². The number of likely N-dealkylation sites (N-methyl/N-ethyl adjacent to an activating group) is 2. The molecule has 2 unspecified atom stereocenters. The summed E-state index contributed by atoms with van der Waals surface area (Å²) >= 11 is 0. The smallest absolute Gasteiger partial charge is 0.242 e. The topological polar surface area (TPSA) is 82.2 Å². The van der Waals surface area contributed by atoms with Gasteiger partial charge >= 0.3 is 0 Å². The lowest BCUT2D eigenvalue weighted by Crippen LogP contribution is -2.40. The number of hydrogen-bond acceptors (Lipinski definition) is 5. The van der Waals surface area contributed by atoms with Crippen molar-refractivity contribution in [3.8, 4) is 5.75 Å². The number of ether oxygens (including phenoxy) is 1. The molecule has 0 aromatic heterocycles. The maximum atomic E-state index is 13.1. The first-order chi connectivity index (χ1) is 18.0. The van der Waals surface area contributed by atoms with Crippen LogP contribution in [0.15, 0.2) is 35.2 Å². The Hall–Kier alpha value is -2.75. The van der Waals surface area contributed by atoms with Crippen LogP contribution in [0.1, 0.15) is 47.2 Å². The molecular weight excluding hydrogens is 500 g/mol. The number of hydrogen-bond donors (Lipinski definition) is 1. The minimum Gasteiger partial charge on any atom is -0.497 e. The summed E-state index contributed by atoms with van der Waals surface area (Å²) in [5.74, 6) is 0.323. The van der Waals surface area contributed by atoms with E-state index in [1.807, 2.05) is 32.9 Å². The van der Waals surface area contributed by atoms with Crippen LogP contribution in [-0.2, 0) is 33.4 Å². The van der Waals surface area contributed by atoms with Gasteiger partial charge in [-0.3, -0.25) is 9.59 Å². The van der Waals surface area contributed by atoms with E-state index in [9.17, 15) is 13.8 Å². The Balaban J connectivity index is 1.49. The van der Waals surface area contributed by atoms with Gasteiger partial charge in [0.25, 0.3) is 0 Å². The first-order valence-corrected chi connectivity index (χ1v) is 14.2. The second-order valence-electron chi connectivity index (χ2n) is 10.2. The Morgan fingerprint density at radius 3 is 2.34 bits per heavy atom. The van der Waals surface area contributed by atoms with Crippen LogP contribution in [0, 0.1) is 13.8 Å². The average molecular weight is 543 g/mol. The van der Waals surface area contributed by atoms with Crippen molar-refractivity contribution in [2.75, 3.05) is 54.4 Å². The molecule has 0 saturated heterocycles. The zero-order valence-corrected chi connectivity index (χ0v) is 24.6. The molecule has 2 aromatic carbocycles. The number of fused-ring (bicyclic) bond motifs is 1. The number of nitrogens with zero attached hydrogens (tertiary/aromatic N) is 3. The Morgan fingerprint density at radius 1 is 1.08 bits per heavy atom. The number of nitrogens with one attached hydrogen (secondary N) is 1. The van der Waals surface area contributed by atoms with E-state index in [-0.39, 0.29) is 30.8 Å². The quantitative estimate of drug-likeness (QED) is 0.499. The number of amides is 2. The maximum absolute atomic E-state index is 13.1. The van der Waals surface area contributed by atoms with E-state index in [0.717, 1.165) is 53.3 Å². The lowest BCUT2D eigenvalue weighted by Gasteiger charge is -2.26. The molecule has 0 radical (unpaired) electrons. The van der Waals surface area contributed by atoms with Gasteiger partial charge in [-0.25, -0.2) is 8.51 Å². The van der Waals surface area contributed by atoms with E-state index in [4.69, 9.17) is 4.74 Å². The van der Waals surface area contributed by atoms with E-state index in [1.54, 1.807) is 30.4 Å². The second kappa shape index (κ2) is 13.4. The highest BCUT2D eigenvalue weighted by Gasteiger charge is 2.21. The molecule has 0 aliphatic carbocycles. The molecule has 0 spiro atoms. The fourth-order valence-corrected chi connectivity index (χ4v) is 5.98. The Bertz CT molecular complexity index is 1160. The molecule has 1 heterocycles. The molecule has 2 amide bonds. The van der Waals surface area contributed by atoms with Gasteiger partial charge in [-0.2, -0.15) is 0 Å². The van der Waals surface area contributed by atoms with Crippen LogP contribution in [0.2, 0.25) is 0 Å². The third kappa shape index (κ3) is 7.42. The monoisotopic (exact) mass is 542 g/mol. The molecule has 208 valence electrons. The lowest BCUT2D eigenvalue weighted by atomic mass is 9.97. The van der Waals surface area contributed by atoms with Gasteiger partial charge in [0.15, 0.2) is 0 Å². The molecule has 0 bridgehead atoms. The number of carbonyl (C=O) groups excluding carboxylic acids is 2. The molecule has 2 atom stereocenters. The standard InChI is InChI=1S/C29H42N4O4S/c1-20-16-26(37-7)17-21(2)29(20)38(36)32(5)15-12-27(34)30-19-28(35)33(6)22(3)24-9-8-23-10-13-31(4)14-11-25(23)18-24/h8-9,16-18,22H,10-15,19H2,1-7H3,(H,30,34). The molecule has 2 aromatic rings. The van der Waals surface area contributed by atoms with Crippen molar-refractivity contribution >= 4 is 22.8 Å². The van der Waals surface area contributed by atoms with Crippen LogP contribution in [0.25, 0.3) is 0 Å². The number of rotatable bonds is 10. The summed E-state index contributed by atoms with van der Waals surface area (Å²) in [7, 11) is 5.84. The number of aryl methyl sites for hydroxylation is 2. The number of carbonyl (C=O) groups is 2. The van der Waals surface area contributed by atoms with Crippen molar-refractivity contribution < 1.29 is 18.5 Å². The van der Waals surface area contributed by atoms with Crippen LogP contribution in [0.5, 0.6) is 5.75 Å². The van der Waals surface area contributed by atoms with Crippen molar-refractivity contribution in [1.29, 1.82) is 0 Å². The average Bonchev–Trinajstić information content (AvgIpc) is 3.09. The summed E-state index contributed by atoms with van der Waals surface area (Å²) in [4.78, 5) is 30.1. The SMILES string of the molecule is COc1cc(C)c(S(=O)N(C)CCC(=O)NCC(=O)N(C)C(C)c2ccc3c(c2)CCN(C)CC3)c(C)c1. The molecule has 1 aliphatic heterocycles. The minimum atomic E-state index is -1.41. The highest BCUT2D eigenvalue weighted by atomic mass is 32.2. The highest BCUT2D eigenvalue weighted by Crippen LogP contribution is 2.26. The second-order valence-corrected chi connectivity index (χ2v) is 11.8. The molecule has 9 heteroatoms. The maximum Gasteiger partial charge on any atom is 0.242 e. The van der Waals surface area contributed by atoms with Crippen LogP contribution in [-0.4, -0.2) is 84.6 Å². The van der Waals surface area contributed by atoms with Gasteiger partial charge in [0.05, 0.1) is 24.6 Å². The molecule has 38 heavy (non-hydrogen) atoms. The van der Waals surface area contributed by atoms with Gasteiger partial charge in [-0.1, -0.05) is 18.2 Å². The van der Waals surface area contributed by atoms with Crippen molar-refractivity contribution in [1.82, 2.24) is 19.4 Å². The van der Waals surface area contributed by atoms with Gasteiger partial charge in [0.2, 0.25) is 11.8 Å². The van der Waals surface area contributed by atoms with E-state index in [1.165, 1.54) is 11.1 Å². The van der Waals surface area contributed by atoms with Crippen LogP contribution >= 0.6 is 0 Å². The van der Waals surface area contributed by atoms with E-state index in [2.05, 4.69) is 35.5 Å². The van der Waals surface area contributed by atoms with Gasteiger partial charge in [0, 0.05) is 40.2 Å². The highest BCUT2D eigenvalue weighted by molar-refractivity contribution is 7.82. The molecule has 1 aliphatic rings. The normalized spacial score (nSPS) is 15.4. The fourth-order valence-electron chi connectivity index (χ4n) is 4.75. The summed E-state index contributed by atoms with van der Waals surface area (Å²) in [6, 6.07) is 10.1. The number of methoxy groups -OCH3 is 1. The van der Waals surface area contributed by atoms with Gasteiger partial charge < -0.3 is 19.9 Å². The number of benzene rings is 2. The fraction of sp³-hybridized carbons (Fsp3) is 0.517. The molecule has 1 N–H and O–H groups in total. The first kappa shape index (κ1) is 29.8. The Morgan fingerprint density at radius 2 is 1.71 bits per heavy atom. The summed E-state index contributed by atoms with van der Waals surface area (Å²) in [5.41, 5.74) is 5.59. The predicted molar refractivity (Wildman–Crippen MR) is 152 cm³/mol.